The first-order valence-electron chi connectivity index (χ1n) is 9.11. The summed E-state index contributed by atoms with van der Waals surface area (Å²) < 4.78 is 27.4. The summed E-state index contributed by atoms with van der Waals surface area (Å²) >= 11 is 0. The molecule has 1 aromatic carbocycles. The van der Waals surface area contributed by atoms with Crippen molar-refractivity contribution in [3.05, 3.63) is 30.3 Å². The minimum atomic E-state index is -3.66. The van der Waals surface area contributed by atoms with Crippen LogP contribution in [0.3, 0.4) is 0 Å². The third-order valence-electron chi connectivity index (χ3n) is 5.40. The second kappa shape index (κ2) is 9.17. The summed E-state index contributed by atoms with van der Waals surface area (Å²) in [4.78, 5) is 13.1. The van der Waals surface area contributed by atoms with E-state index in [9.17, 15) is 13.2 Å². The van der Waals surface area contributed by atoms with Crippen LogP contribution >= 0.6 is 12.4 Å². The molecule has 8 heteroatoms. The average molecular weight is 402 g/mol. The SMILES string of the molecule is Cl.NCC1CCCC1NC(=O)C1CCCCN1S(=O)(=O)c1ccccc1. The van der Waals surface area contributed by atoms with E-state index in [0.717, 1.165) is 32.1 Å². The number of hydrogen-bond acceptors (Lipinski definition) is 4. The molecule has 6 nitrogen and oxygen atoms in total. The Morgan fingerprint density at radius 1 is 1.12 bits per heavy atom. The third kappa shape index (κ3) is 4.39. The van der Waals surface area contributed by atoms with E-state index in [0.29, 0.717) is 25.4 Å². The van der Waals surface area contributed by atoms with Gasteiger partial charge in [0.15, 0.2) is 0 Å². The molecule has 1 saturated heterocycles. The molecule has 0 radical (unpaired) electrons. The fourth-order valence-electron chi connectivity index (χ4n) is 3.97. The second-order valence-corrected chi connectivity index (χ2v) is 8.87. The summed E-state index contributed by atoms with van der Waals surface area (Å²) in [5.41, 5.74) is 5.79. The highest BCUT2D eigenvalue weighted by Crippen LogP contribution is 2.28. The molecular formula is C18H28ClN3O3S. The van der Waals surface area contributed by atoms with E-state index in [4.69, 9.17) is 5.73 Å². The smallest absolute Gasteiger partial charge is 0.243 e. The van der Waals surface area contributed by atoms with Crippen molar-refractivity contribution in [3.63, 3.8) is 0 Å². The maximum atomic E-state index is 13.0. The van der Waals surface area contributed by atoms with Crippen LogP contribution in [0.2, 0.25) is 0 Å². The minimum absolute atomic E-state index is 0. The molecule has 2 aliphatic rings. The quantitative estimate of drug-likeness (QED) is 0.788. The second-order valence-electron chi connectivity index (χ2n) is 6.98. The van der Waals surface area contributed by atoms with Gasteiger partial charge < -0.3 is 11.1 Å². The molecule has 3 atom stereocenters. The first-order valence-corrected chi connectivity index (χ1v) is 10.6. The maximum Gasteiger partial charge on any atom is 0.243 e. The molecule has 3 rings (SSSR count). The van der Waals surface area contributed by atoms with E-state index in [2.05, 4.69) is 5.32 Å². The third-order valence-corrected chi connectivity index (χ3v) is 7.32. The molecular weight excluding hydrogens is 374 g/mol. The summed E-state index contributed by atoms with van der Waals surface area (Å²) in [6.07, 6.45) is 5.22. The maximum absolute atomic E-state index is 13.0. The van der Waals surface area contributed by atoms with Crippen LogP contribution in [-0.4, -0.2) is 43.8 Å². The number of rotatable bonds is 5. The molecule has 0 aromatic heterocycles. The van der Waals surface area contributed by atoms with E-state index in [1.165, 1.54) is 4.31 Å². The Balaban J connectivity index is 0.00000243. The minimum Gasteiger partial charge on any atom is -0.352 e. The van der Waals surface area contributed by atoms with Gasteiger partial charge in [0.1, 0.15) is 6.04 Å². The zero-order valence-corrected chi connectivity index (χ0v) is 16.5. The van der Waals surface area contributed by atoms with Crippen LogP contribution in [0.4, 0.5) is 0 Å². The van der Waals surface area contributed by atoms with Crippen LogP contribution in [-0.2, 0) is 14.8 Å². The van der Waals surface area contributed by atoms with Crippen molar-refractivity contribution < 1.29 is 13.2 Å². The van der Waals surface area contributed by atoms with E-state index >= 15 is 0 Å². The first kappa shape index (κ1) is 21.2. The molecule has 1 saturated carbocycles. The Bertz CT molecular complexity index is 699. The monoisotopic (exact) mass is 401 g/mol. The van der Waals surface area contributed by atoms with Gasteiger partial charge in [0, 0.05) is 12.6 Å². The molecule has 3 N–H and O–H groups in total. The van der Waals surface area contributed by atoms with Crippen LogP contribution in [0.25, 0.3) is 0 Å². The van der Waals surface area contributed by atoms with Gasteiger partial charge in [-0.2, -0.15) is 4.31 Å². The Hall–Kier alpha value is -1.15. The molecule has 1 aliphatic carbocycles. The van der Waals surface area contributed by atoms with Gasteiger partial charge in [-0.25, -0.2) is 8.42 Å². The fraction of sp³-hybridized carbons (Fsp3) is 0.611. The number of amides is 1. The number of carbonyl (C=O) groups excluding carboxylic acids is 1. The number of carbonyl (C=O) groups is 1. The lowest BCUT2D eigenvalue weighted by molar-refractivity contribution is -0.126. The highest BCUT2D eigenvalue weighted by molar-refractivity contribution is 7.89. The Kier molecular flexibility index (Phi) is 7.46. The molecule has 1 amide bonds. The van der Waals surface area contributed by atoms with Crippen molar-refractivity contribution >= 4 is 28.3 Å². The molecule has 2 fully saturated rings. The van der Waals surface area contributed by atoms with Crippen molar-refractivity contribution in [2.45, 2.75) is 55.5 Å². The summed E-state index contributed by atoms with van der Waals surface area (Å²) in [6, 6.07) is 7.80. The average Bonchev–Trinajstić information content (AvgIpc) is 3.09. The van der Waals surface area contributed by atoms with Crippen LogP contribution in [0, 0.1) is 5.92 Å². The van der Waals surface area contributed by atoms with Crippen molar-refractivity contribution in [1.82, 2.24) is 9.62 Å². The largest absolute Gasteiger partial charge is 0.352 e. The number of piperidine rings is 1. The Morgan fingerprint density at radius 3 is 2.54 bits per heavy atom. The normalized spacial score (nSPS) is 26.9. The van der Waals surface area contributed by atoms with E-state index in [-0.39, 0.29) is 29.3 Å². The highest BCUT2D eigenvalue weighted by atomic mass is 35.5. The molecule has 146 valence electrons. The van der Waals surface area contributed by atoms with Gasteiger partial charge in [0.2, 0.25) is 15.9 Å². The molecule has 1 aromatic rings. The number of nitrogens with one attached hydrogen (secondary N) is 1. The number of sulfonamides is 1. The van der Waals surface area contributed by atoms with E-state index in [1.54, 1.807) is 30.3 Å². The summed E-state index contributed by atoms with van der Waals surface area (Å²) in [7, 11) is -3.66. The van der Waals surface area contributed by atoms with Gasteiger partial charge in [-0.15, -0.1) is 12.4 Å². The molecule has 3 unspecified atom stereocenters. The Morgan fingerprint density at radius 2 is 1.85 bits per heavy atom. The lowest BCUT2D eigenvalue weighted by Crippen LogP contribution is -2.54. The van der Waals surface area contributed by atoms with Gasteiger partial charge >= 0.3 is 0 Å². The highest BCUT2D eigenvalue weighted by Gasteiger charge is 2.39. The van der Waals surface area contributed by atoms with Crippen LogP contribution in [0.1, 0.15) is 38.5 Å². The Labute approximate surface area is 162 Å². The zero-order chi connectivity index (χ0) is 17.9. The molecule has 0 spiro atoms. The van der Waals surface area contributed by atoms with Gasteiger partial charge in [-0.1, -0.05) is 31.0 Å². The number of benzene rings is 1. The van der Waals surface area contributed by atoms with Gasteiger partial charge in [0.05, 0.1) is 4.90 Å². The van der Waals surface area contributed by atoms with Gasteiger partial charge in [0.25, 0.3) is 0 Å². The number of hydrogen-bond donors (Lipinski definition) is 2. The number of nitrogens with zero attached hydrogens (tertiary/aromatic N) is 1. The number of nitrogens with two attached hydrogens (primary N) is 1. The summed E-state index contributed by atoms with van der Waals surface area (Å²) in [6.45, 7) is 0.946. The van der Waals surface area contributed by atoms with E-state index in [1.807, 2.05) is 0 Å². The summed E-state index contributed by atoms with van der Waals surface area (Å²) in [5, 5.41) is 3.08. The van der Waals surface area contributed by atoms with Crippen LogP contribution in [0.5, 0.6) is 0 Å². The first-order chi connectivity index (χ1) is 12.0. The van der Waals surface area contributed by atoms with Gasteiger partial charge in [-0.3, -0.25) is 4.79 Å². The van der Waals surface area contributed by atoms with Crippen molar-refractivity contribution in [2.75, 3.05) is 13.1 Å². The van der Waals surface area contributed by atoms with Crippen molar-refractivity contribution in [2.24, 2.45) is 11.7 Å². The van der Waals surface area contributed by atoms with Crippen molar-refractivity contribution in [1.29, 1.82) is 0 Å². The fourth-order valence-corrected chi connectivity index (χ4v) is 5.65. The van der Waals surface area contributed by atoms with Crippen LogP contribution < -0.4 is 11.1 Å². The predicted molar refractivity (Wildman–Crippen MR) is 104 cm³/mol. The standard InChI is InChI=1S/C18H27N3O3S.ClH/c19-13-14-7-6-10-16(14)20-18(22)17-11-4-5-12-21(17)25(23,24)15-8-2-1-3-9-15;/h1-3,8-9,14,16-17H,4-7,10-13,19H2,(H,20,22);1H. The molecule has 26 heavy (non-hydrogen) atoms. The predicted octanol–water partition coefficient (Wildman–Crippen LogP) is 1.90. The summed E-state index contributed by atoms with van der Waals surface area (Å²) in [5.74, 6) is 0.122. The lowest BCUT2D eigenvalue weighted by atomic mass is 10.0. The van der Waals surface area contributed by atoms with Gasteiger partial charge in [-0.05, 0) is 50.3 Å². The number of halogens is 1. The topological polar surface area (TPSA) is 92.5 Å². The van der Waals surface area contributed by atoms with Crippen molar-refractivity contribution in [3.8, 4) is 0 Å². The zero-order valence-electron chi connectivity index (χ0n) is 14.8. The molecule has 1 aliphatic heterocycles. The van der Waals surface area contributed by atoms with Crippen LogP contribution in [0.15, 0.2) is 35.2 Å². The van der Waals surface area contributed by atoms with E-state index < -0.39 is 16.1 Å². The molecule has 0 bridgehead atoms. The molecule has 1 heterocycles. The lowest BCUT2D eigenvalue weighted by Gasteiger charge is -2.34.